The molecule has 1 aliphatic carbocycles. The van der Waals surface area contributed by atoms with E-state index >= 15 is 0 Å². The number of benzene rings is 1. The van der Waals surface area contributed by atoms with Crippen LogP contribution in [-0.4, -0.2) is 6.54 Å². The molecule has 1 aliphatic rings. The highest BCUT2D eigenvalue weighted by Crippen LogP contribution is 2.32. The molecule has 17 heavy (non-hydrogen) atoms. The molecule has 0 aromatic heterocycles. The largest absolute Gasteiger partial charge is 0.307 e. The van der Waals surface area contributed by atoms with E-state index in [1.807, 2.05) is 6.07 Å². The third kappa shape index (κ3) is 2.75. The maximum atomic E-state index is 13.4. The Morgan fingerprint density at radius 2 is 2.24 bits per heavy atom. The Hall–Kier alpha value is -1.15. The molecule has 0 amide bonds. The van der Waals surface area contributed by atoms with Crippen molar-refractivity contribution in [1.29, 1.82) is 0 Å². The van der Waals surface area contributed by atoms with Crippen LogP contribution in [0.2, 0.25) is 0 Å². The minimum atomic E-state index is -0.146. The van der Waals surface area contributed by atoms with Gasteiger partial charge in [-0.15, -0.1) is 0 Å². The van der Waals surface area contributed by atoms with Gasteiger partial charge in [0.05, 0.1) is 6.04 Å². The predicted octanol–water partition coefficient (Wildman–Crippen LogP) is 3.90. The van der Waals surface area contributed by atoms with Crippen LogP contribution in [0, 0.1) is 12.7 Å². The fraction of sp³-hybridized carbons (Fsp3) is 0.467. The van der Waals surface area contributed by atoms with Gasteiger partial charge in [-0.2, -0.15) is 0 Å². The molecular weight excluding hydrogens is 213 g/mol. The number of hydrogen-bond acceptors (Lipinski definition) is 1. The van der Waals surface area contributed by atoms with Crippen molar-refractivity contribution in [3.63, 3.8) is 0 Å². The van der Waals surface area contributed by atoms with Crippen LogP contribution in [-0.2, 0) is 0 Å². The Morgan fingerprint density at radius 3 is 2.88 bits per heavy atom. The molecule has 1 aromatic rings. The lowest BCUT2D eigenvalue weighted by molar-refractivity contribution is 0.586. The molecule has 0 fully saturated rings. The first kappa shape index (κ1) is 12.3. The van der Waals surface area contributed by atoms with Gasteiger partial charge in [0.25, 0.3) is 0 Å². The van der Waals surface area contributed by atoms with Crippen LogP contribution in [0.4, 0.5) is 4.39 Å². The number of likely N-dealkylation sites (N-methyl/N-ethyl adjacent to an activating group) is 1. The van der Waals surface area contributed by atoms with Crippen LogP contribution in [0.1, 0.15) is 43.4 Å². The summed E-state index contributed by atoms with van der Waals surface area (Å²) >= 11 is 0. The molecule has 1 unspecified atom stereocenters. The van der Waals surface area contributed by atoms with Gasteiger partial charge in [-0.1, -0.05) is 24.6 Å². The Balaban J connectivity index is 2.34. The second-order valence-electron chi connectivity index (χ2n) is 4.66. The Bertz CT molecular complexity index is 423. The van der Waals surface area contributed by atoms with E-state index in [9.17, 15) is 4.39 Å². The third-order valence-corrected chi connectivity index (χ3v) is 3.41. The molecule has 2 heteroatoms. The van der Waals surface area contributed by atoms with Gasteiger partial charge >= 0.3 is 0 Å². The van der Waals surface area contributed by atoms with Crippen molar-refractivity contribution in [3.8, 4) is 0 Å². The molecule has 0 radical (unpaired) electrons. The summed E-state index contributed by atoms with van der Waals surface area (Å²) in [6.07, 6.45) is 5.82. The maximum Gasteiger partial charge on any atom is 0.123 e. The second kappa shape index (κ2) is 5.46. The van der Waals surface area contributed by atoms with Crippen molar-refractivity contribution >= 4 is 0 Å². The summed E-state index contributed by atoms with van der Waals surface area (Å²) in [7, 11) is 0. The van der Waals surface area contributed by atoms with E-state index in [1.165, 1.54) is 18.1 Å². The molecule has 1 N–H and O–H groups in total. The molecule has 1 nitrogen and oxygen atoms in total. The Kier molecular flexibility index (Phi) is 3.95. The van der Waals surface area contributed by atoms with E-state index in [-0.39, 0.29) is 11.9 Å². The topological polar surface area (TPSA) is 12.0 Å². The number of hydrogen-bond donors (Lipinski definition) is 1. The van der Waals surface area contributed by atoms with Crippen LogP contribution in [0.25, 0.3) is 0 Å². The molecule has 0 saturated heterocycles. The predicted molar refractivity (Wildman–Crippen MR) is 69.5 cm³/mol. The average Bonchev–Trinajstić information content (AvgIpc) is 2.83. The van der Waals surface area contributed by atoms with Crippen molar-refractivity contribution in [1.82, 2.24) is 5.32 Å². The summed E-state index contributed by atoms with van der Waals surface area (Å²) in [4.78, 5) is 0. The first-order chi connectivity index (χ1) is 8.22. The fourth-order valence-corrected chi connectivity index (χ4v) is 2.53. The normalized spacial score (nSPS) is 17.0. The first-order valence-electron chi connectivity index (χ1n) is 6.40. The van der Waals surface area contributed by atoms with E-state index in [0.29, 0.717) is 0 Å². The molecule has 2 rings (SSSR count). The van der Waals surface area contributed by atoms with Gasteiger partial charge in [-0.25, -0.2) is 4.39 Å². The van der Waals surface area contributed by atoms with E-state index in [2.05, 4.69) is 25.2 Å². The van der Waals surface area contributed by atoms with E-state index in [1.54, 1.807) is 6.07 Å². The van der Waals surface area contributed by atoms with Crippen molar-refractivity contribution < 1.29 is 4.39 Å². The summed E-state index contributed by atoms with van der Waals surface area (Å²) in [5, 5.41) is 3.47. The van der Waals surface area contributed by atoms with Crippen molar-refractivity contribution in [2.24, 2.45) is 0 Å². The highest BCUT2D eigenvalue weighted by Gasteiger charge is 2.20. The molecule has 0 spiro atoms. The highest BCUT2D eigenvalue weighted by molar-refractivity contribution is 5.36. The highest BCUT2D eigenvalue weighted by atomic mass is 19.1. The SMILES string of the molecule is CCNC(C1=CCCC1)c1cc(F)ccc1C. The minimum Gasteiger partial charge on any atom is -0.307 e. The molecule has 1 atom stereocenters. The zero-order valence-corrected chi connectivity index (χ0v) is 10.6. The average molecular weight is 233 g/mol. The number of rotatable bonds is 4. The zero-order chi connectivity index (χ0) is 12.3. The van der Waals surface area contributed by atoms with Gasteiger partial charge in [0.1, 0.15) is 5.82 Å². The van der Waals surface area contributed by atoms with Crippen LogP contribution in [0.3, 0.4) is 0 Å². The lowest BCUT2D eigenvalue weighted by Gasteiger charge is -2.22. The van der Waals surface area contributed by atoms with Crippen molar-refractivity contribution in [2.45, 2.75) is 39.2 Å². The quantitative estimate of drug-likeness (QED) is 0.778. The standard InChI is InChI=1S/C15H20FN/c1-3-17-15(12-6-4-5-7-12)14-10-13(16)9-8-11(14)2/h6,8-10,15,17H,3-5,7H2,1-2H3. The van der Waals surface area contributed by atoms with Crippen LogP contribution in [0.5, 0.6) is 0 Å². The third-order valence-electron chi connectivity index (χ3n) is 3.41. The van der Waals surface area contributed by atoms with Gasteiger partial charge in [0.2, 0.25) is 0 Å². The Labute approximate surface area is 103 Å². The monoisotopic (exact) mass is 233 g/mol. The molecular formula is C15H20FN. The van der Waals surface area contributed by atoms with E-state index in [0.717, 1.165) is 30.5 Å². The lowest BCUT2D eigenvalue weighted by Crippen LogP contribution is -2.23. The van der Waals surface area contributed by atoms with Gasteiger partial charge in [0.15, 0.2) is 0 Å². The zero-order valence-electron chi connectivity index (χ0n) is 10.6. The molecule has 0 bridgehead atoms. The van der Waals surface area contributed by atoms with E-state index < -0.39 is 0 Å². The Morgan fingerprint density at radius 1 is 1.41 bits per heavy atom. The molecule has 92 valence electrons. The van der Waals surface area contributed by atoms with Crippen molar-refractivity contribution in [2.75, 3.05) is 6.54 Å². The van der Waals surface area contributed by atoms with Crippen LogP contribution in [0.15, 0.2) is 29.8 Å². The molecule has 1 aromatic carbocycles. The van der Waals surface area contributed by atoms with Gasteiger partial charge < -0.3 is 5.32 Å². The molecule has 0 saturated carbocycles. The van der Waals surface area contributed by atoms with Gasteiger partial charge in [-0.3, -0.25) is 0 Å². The summed E-state index contributed by atoms with van der Waals surface area (Å²) in [5.74, 6) is -0.146. The fourth-order valence-electron chi connectivity index (χ4n) is 2.53. The molecule has 0 aliphatic heterocycles. The summed E-state index contributed by atoms with van der Waals surface area (Å²) in [6.45, 7) is 5.05. The summed E-state index contributed by atoms with van der Waals surface area (Å²) in [6, 6.07) is 5.26. The number of allylic oxidation sites excluding steroid dienone is 1. The minimum absolute atomic E-state index is 0.146. The van der Waals surface area contributed by atoms with Crippen LogP contribution >= 0.6 is 0 Å². The number of nitrogens with one attached hydrogen (secondary N) is 1. The lowest BCUT2D eigenvalue weighted by atomic mass is 9.94. The van der Waals surface area contributed by atoms with Gasteiger partial charge in [0, 0.05) is 0 Å². The summed E-state index contributed by atoms with van der Waals surface area (Å²) in [5.41, 5.74) is 3.66. The van der Waals surface area contributed by atoms with Gasteiger partial charge in [-0.05, 0) is 56.0 Å². The van der Waals surface area contributed by atoms with E-state index in [4.69, 9.17) is 0 Å². The first-order valence-corrected chi connectivity index (χ1v) is 6.40. The van der Waals surface area contributed by atoms with Crippen LogP contribution < -0.4 is 5.32 Å². The smallest absolute Gasteiger partial charge is 0.123 e. The summed E-state index contributed by atoms with van der Waals surface area (Å²) < 4.78 is 13.4. The number of aryl methyl sites for hydroxylation is 1. The number of halogens is 1. The maximum absolute atomic E-state index is 13.4. The molecule has 0 heterocycles. The van der Waals surface area contributed by atoms with Crippen molar-refractivity contribution in [3.05, 3.63) is 46.8 Å². The second-order valence-corrected chi connectivity index (χ2v) is 4.66.